The van der Waals surface area contributed by atoms with Gasteiger partial charge in [0.05, 0.1) is 11.9 Å². The first kappa shape index (κ1) is 12.8. The summed E-state index contributed by atoms with van der Waals surface area (Å²) in [6.45, 7) is 8.66. The van der Waals surface area contributed by atoms with Crippen molar-refractivity contribution < 1.29 is 0 Å². The fourth-order valence-corrected chi connectivity index (χ4v) is 1.73. The van der Waals surface area contributed by atoms with E-state index in [1.165, 1.54) is 0 Å². The Kier molecular flexibility index (Phi) is 4.09. The molecule has 6 heteroatoms. The fraction of sp³-hybridized carbons (Fsp3) is 0.583. The third kappa shape index (κ3) is 3.16. The van der Waals surface area contributed by atoms with Crippen molar-refractivity contribution >= 4 is 0 Å². The van der Waals surface area contributed by atoms with Crippen molar-refractivity contribution in [2.45, 2.75) is 46.4 Å². The number of aryl methyl sites for hydroxylation is 1. The highest BCUT2D eigenvalue weighted by molar-refractivity contribution is 4.96. The largest absolute Gasteiger partial charge is 0.334 e. The number of rotatable bonds is 6. The van der Waals surface area contributed by atoms with Crippen LogP contribution in [-0.2, 0) is 19.6 Å². The Morgan fingerprint density at radius 2 is 2.22 bits per heavy atom. The molecule has 0 saturated carbocycles. The standard InChI is InChI=1S/C12H20N6/c1-4-17-6-5-13-12(17)9-18-8-11(15-16-18)7-14-10(2)3/h5-6,8,10,14H,4,7,9H2,1-3H3. The molecule has 0 amide bonds. The first-order chi connectivity index (χ1) is 8.69. The zero-order chi connectivity index (χ0) is 13.0. The van der Waals surface area contributed by atoms with E-state index in [1.807, 2.05) is 23.3 Å². The molecule has 0 spiro atoms. The molecule has 0 saturated heterocycles. The van der Waals surface area contributed by atoms with E-state index >= 15 is 0 Å². The SMILES string of the molecule is CCn1ccnc1Cn1cc(CNC(C)C)nn1. The van der Waals surface area contributed by atoms with E-state index in [-0.39, 0.29) is 0 Å². The van der Waals surface area contributed by atoms with Gasteiger partial charge in [-0.05, 0) is 6.92 Å². The Labute approximate surface area is 107 Å². The molecule has 2 aromatic heterocycles. The second-order valence-electron chi connectivity index (χ2n) is 4.57. The lowest BCUT2D eigenvalue weighted by molar-refractivity contribution is 0.579. The van der Waals surface area contributed by atoms with Crippen LogP contribution >= 0.6 is 0 Å². The number of hydrogen-bond donors (Lipinski definition) is 1. The van der Waals surface area contributed by atoms with Crippen molar-refractivity contribution in [3.8, 4) is 0 Å². The minimum Gasteiger partial charge on any atom is -0.334 e. The molecule has 0 fully saturated rings. The number of nitrogens with zero attached hydrogens (tertiary/aromatic N) is 5. The van der Waals surface area contributed by atoms with Gasteiger partial charge in [-0.25, -0.2) is 9.67 Å². The van der Waals surface area contributed by atoms with Crippen molar-refractivity contribution in [2.24, 2.45) is 0 Å². The summed E-state index contributed by atoms with van der Waals surface area (Å²) in [5, 5.41) is 11.6. The summed E-state index contributed by atoms with van der Waals surface area (Å²) in [5.74, 6) is 1.01. The molecule has 0 radical (unpaired) electrons. The molecule has 1 N–H and O–H groups in total. The van der Waals surface area contributed by atoms with E-state index in [0.29, 0.717) is 12.6 Å². The summed E-state index contributed by atoms with van der Waals surface area (Å²) in [4.78, 5) is 4.32. The van der Waals surface area contributed by atoms with E-state index in [9.17, 15) is 0 Å². The first-order valence-corrected chi connectivity index (χ1v) is 6.31. The van der Waals surface area contributed by atoms with E-state index < -0.39 is 0 Å². The lowest BCUT2D eigenvalue weighted by Crippen LogP contribution is -2.21. The van der Waals surface area contributed by atoms with Crippen LogP contribution in [0.5, 0.6) is 0 Å². The maximum absolute atomic E-state index is 4.32. The highest BCUT2D eigenvalue weighted by Gasteiger charge is 2.05. The quantitative estimate of drug-likeness (QED) is 0.830. The van der Waals surface area contributed by atoms with Gasteiger partial charge >= 0.3 is 0 Å². The highest BCUT2D eigenvalue weighted by Crippen LogP contribution is 2.01. The first-order valence-electron chi connectivity index (χ1n) is 6.31. The molecule has 0 bridgehead atoms. The Bertz CT molecular complexity index is 484. The van der Waals surface area contributed by atoms with Gasteiger partial charge in [-0.1, -0.05) is 19.1 Å². The van der Waals surface area contributed by atoms with E-state index in [1.54, 1.807) is 0 Å². The average molecular weight is 248 g/mol. The van der Waals surface area contributed by atoms with Crippen molar-refractivity contribution in [1.29, 1.82) is 0 Å². The molecule has 0 unspecified atom stereocenters. The highest BCUT2D eigenvalue weighted by atomic mass is 15.4. The molecule has 18 heavy (non-hydrogen) atoms. The molecule has 0 aromatic carbocycles. The predicted octanol–water partition coefficient (Wildman–Crippen LogP) is 1.04. The Hall–Kier alpha value is -1.69. The Morgan fingerprint density at radius 3 is 2.94 bits per heavy atom. The third-order valence-electron chi connectivity index (χ3n) is 2.72. The van der Waals surface area contributed by atoms with Gasteiger partial charge in [-0.15, -0.1) is 5.10 Å². The predicted molar refractivity (Wildman–Crippen MR) is 69.0 cm³/mol. The summed E-state index contributed by atoms with van der Waals surface area (Å²) >= 11 is 0. The van der Waals surface area contributed by atoms with Gasteiger partial charge in [0.1, 0.15) is 12.4 Å². The summed E-state index contributed by atoms with van der Waals surface area (Å²) in [7, 11) is 0. The normalized spacial score (nSPS) is 11.3. The lowest BCUT2D eigenvalue weighted by atomic mass is 10.3. The molecular weight excluding hydrogens is 228 g/mol. The molecule has 2 heterocycles. The van der Waals surface area contributed by atoms with Crippen LogP contribution in [0.1, 0.15) is 32.3 Å². The maximum atomic E-state index is 4.32. The summed E-state index contributed by atoms with van der Waals surface area (Å²) < 4.78 is 3.93. The topological polar surface area (TPSA) is 60.6 Å². The van der Waals surface area contributed by atoms with Crippen molar-refractivity contribution in [1.82, 2.24) is 29.9 Å². The van der Waals surface area contributed by atoms with Crippen LogP contribution in [0.3, 0.4) is 0 Å². The van der Waals surface area contributed by atoms with E-state index in [4.69, 9.17) is 0 Å². The van der Waals surface area contributed by atoms with Gasteiger partial charge in [0.2, 0.25) is 0 Å². The molecule has 0 aliphatic rings. The molecule has 0 aliphatic carbocycles. The number of nitrogens with one attached hydrogen (secondary N) is 1. The Balaban J connectivity index is 1.98. The van der Waals surface area contributed by atoms with Gasteiger partial charge in [-0.3, -0.25) is 0 Å². The zero-order valence-corrected chi connectivity index (χ0v) is 11.2. The Morgan fingerprint density at radius 1 is 1.39 bits per heavy atom. The second kappa shape index (κ2) is 5.77. The monoisotopic (exact) mass is 248 g/mol. The maximum Gasteiger partial charge on any atom is 0.130 e. The van der Waals surface area contributed by atoms with Crippen LogP contribution < -0.4 is 5.32 Å². The van der Waals surface area contributed by atoms with Crippen molar-refractivity contribution in [2.75, 3.05) is 0 Å². The van der Waals surface area contributed by atoms with E-state index in [2.05, 4.69) is 46.0 Å². The van der Waals surface area contributed by atoms with Crippen molar-refractivity contribution in [3.63, 3.8) is 0 Å². The number of aromatic nitrogens is 5. The molecule has 98 valence electrons. The van der Waals surface area contributed by atoms with Gasteiger partial charge in [-0.2, -0.15) is 0 Å². The fourth-order valence-electron chi connectivity index (χ4n) is 1.73. The summed E-state index contributed by atoms with van der Waals surface area (Å²) in [5.41, 5.74) is 0.957. The lowest BCUT2D eigenvalue weighted by Gasteiger charge is -2.04. The zero-order valence-electron chi connectivity index (χ0n) is 11.2. The molecular formula is C12H20N6. The van der Waals surface area contributed by atoms with Gasteiger partial charge in [0, 0.05) is 31.5 Å². The van der Waals surface area contributed by atoms with Crippen molar-refractivity contribution in [3.05, 3.63) is 30.1 Å². The third-order valence-corrected chi connectivity index (χ3v) is 2.72. The van der Waals surface area contributed by atoms with Gasteiger partial charge in [0.15, 0.2) is 0 Å². The van der Waals surface area contributed by atoms with Crippen LogP contribution in [-0.4, -0.2) is 30.6 Å². The second-order valence-corrected chi connectivity index (χ2v) is 4.57. The minimum atomic E-state index is 0.453. The number of imidazole rings is 1. The van der Waals surface area contributed by atoms with Crippen LogP contribution in [0.2, 0.25) is 0 Å². The van der Waals surface area contributed by atoms with E-state index in [0.717, 1.165) is 24.6 Å². The number of hydrogen-bond acceptors (Lipinski definition) is 4. The van der Waals surface area contributed by atoms with Crippen LogP contribution in [0.4, 0.5) is 0 Å². The van der Waals surface area contributed by atoms with Gasteiger partial charge < -0.3 is 9.88 Å². The molecule has 0 atom stereocenters. The minimum absolute atomic E-state index is 0.453. The average Bonchev–Trinajstić information content (AvgIpc) is 2.96. The summed E-state index contributed by atoms with van der Waals surface area (Å²) in [6, 6.07) is 0.453. The molecule has 2 aromatic rings. The van der Waals surface area contributed by atoms with Crippen LogP contribution in [0.15, 0.2) is 18.6 Å². The summed E-state index contributed by atoms with van der Waals surface area (Å²) in [6.07, 6.45) is 5.76. The molecule has 6 nitrogen and oxygen atoms in total. The molecule has 2 rings (SSSR count). The van der Waals surface area contributed by atoms with Gasteiger partial charge in [0.25, 0.3) is 0 Å². The smallest absolute Gasteiger partial charge is 0.130 e. The molecule has 0 aliphatic heterocycles. The van der Waals surface area contributed by atoms with Crippen LogP contribution in [0.25, 0.3) is 0 Å². The van der Waals surface area contributed by atoms with Crippen LogP contribution in [0, 0.1) is 0 Å².